The van der Waals surface area contributed by atoms with Crippen molar-refractivity contribution in [2.75, 3.05) is 43.1 Å². The number of ether oxygens (including phenoxy) is 1. The average molecular weight is 463 g/mol. The first-order valence-corrected chi connectivity index (χ1v) is 12.4. The molecule has 1 aromatic heterocycles. The molecular formula is C26H30N4O2S. The van der Waals surface area contributed by atoms with E-state index in [0.29, 0.717) is 0 Å². The van der Waals surface area contributed by atoms with E-state index in [2.05, 4.69) is 58.7 Å². The van der Waals surface area contributed by atoms with Gasteiger partial charge in [-0.2, -0.15) is 0 Å². The van der Waals surface area contributed by atoms with Gasteiger partial charge in [-0.1, -0.05) is 18.2 Å². The predicted molar refractivity (Wildman–Crippen MR) is 134 cm³/mol. The van der Waals surface area contributed by atoms with Crippen molar-refractivity contribution in [2.45, 2.75) is 35.4 Å². The molecule has 3 aromatic rings. The first-order chi connectivity index (χ1) is 16.1. The second kappa shape index (κ2) is 9.71. The van der Waals surface area contributed by atoms with Crippen molar-refractivity contribution in [1.29, 1.82) is 0 Å². The maximum absolute atomic E-state index is 9.30. The number of benzene rings is 2. The van der Waals surface area contributed by atoms with E-state index < -0.39 is 0 Å². The van der Waals surface area contributed by atoms with E-state index in [1.807, 2.05) is 30.8 Å². The summed E-state index contributed by atoms with van der Waals surface area (Å²) in [4.78, 5) is 13.6. The lowest BCUT2D eigenvalue weighted by molar-refractivity contribution is 0.122. The van der Waals surface area contributed by atoms with Crippen LogP contribution in [0.15, 0.2) is 65.6 Å². The van der Waals surface area contributed by atoms with Gasteiger partial charge in [-0.05, 0) is 56.2 Å². The van der Waals surface area contributed by atoms with Crippen molar-refractivity contribution in [1.82, 2.24) is 9.97 Å². The van der Waals surface area contributed by atoms with E-state index in [4.69, 9.17) is 14.7 Å². The van der Waals surface area contributed by atoms with Gasteiger partial charge in [0.05, 0.1) is 30.3 Å². The van der Waals surface area contributed by atoms with Gasteiger partial charge in [0.2, 0.25) is 0 Å². The predicted octanol–water partition coefficient (Wildman–Crippen LogP) is 4.55. The summed E-state index contributed by atoms with van der Waals surface area (Å²) in [5.74, 6) is 1.74. The Morgan fingerprint density at radius 3 is 2.45 bits per heavy atom. The summed E-state index contributed by atoms with van der Waals surface area (Å²) < 4.78 is 5.58. The van der Waals surface area contributed by atoms with Crippen molar-refractivity contribution < 1.29 is 9.84 Å². The Balaban J connectivity index is 1.48. The molecule has 6 nitrogen and oxygen atoms in total. The standard InChI is InChI=1S/C26H30N4O2S/c1-19(18-31)27-21-9-7-20(8-10-21)25-28-23(17-24(29-25)30-13-15-32-16-14-30)26(11-12-26)33-22-5-3-2-4-6-22/h2-10,17,19,27,31H,11-16,18H2,1H3/t19-/m1/s1. The van der Waals surface area contributed by atoms with Crippen LogP contribution in [0.2, 0.25) is 0 Å². The Hall–Kier alpha value is -2.61. The SMILES string of the molecule is C[C@H](CO)Nc1ccc(-c2nc(N3CCOCC3)cc(C3(Sc4ccccc4)CC3)n2)cc1. The summed E-state index contributed by atoms with van der Waals surface area (Å²) >= 11 is 1.91. The fourth-order valence-electron chi connectivity index (χ4n) is 4.04. The molecule has 2 aromatic carbocycles. The smallest absolute Gasteiger partial charge is 0.161 e. The van der Waals surface area contributed by atoms with Crippen molar-refractivity contribution in [3.05, 3.63) is 66.4 Å². The maximum atomic E-state index is 9.30. The molecule has 0 unspecified atom stereocenters. The first kappa shape index (κ1) is 22.2. The number of aliphatic hydroxyl groups is 1. The highest BCUT2D eigenvalue weighted by molar-refractivity contribution is 8.00. The van der Waals surface area contributed by atoms with Gasteiger partial charge in [0.15, 0.2) is 5.82 Å². The van der Waals surface area contributed by atoms with Crippen LogP contribution in [0.1, 0.15) is 25.5 Å². The topological polar surface area (TPSA) is 70.5 Å². The zero-order chi connectivity index (χ0) is 22.7. The molecule has 1 aliphatic carbocycles. The molecule has 2 heterocycles. The molecule has 2 N–H and O–H groups in total. The number of morpholine rings is 1. The lowest BCUT2D eigenvalue weighted by Gasteiger charge is -2.29. The van der Waals surface area contributed by atoms with Gasteiger partial charge >= 0.3 is 0 Å². The normalized spacial score (nSPS) is 18.1. The van der Waals surface area contributed by atoms with Gasteiger partial charge < -0.3 is 20.1 Å². The number of hydrogen-bond acceptors (Lipinski definition) is 7. The van der Waals surface area contributed by atoms with Gasteiger partial charge in [-0.25, -0.2) is 9.97 Å². The summed E-state index contributed by atoms with van der Waals surface area (Å²) in [6.07, 6.45) is 2.24. The van der Waals surface area contributed by atoms with Gasteiger partial charge in [0.25, 0.3) is 0 Å². The molecule has 1 saturated heterocycles. The van der Waals surface area contributed by atoms with E-state index in [1.165, 1.54) is 4.90 Å². The minimum atomic E-state index is 0.00749. The van der Waals surface area contributed by atoms with Crippen molar-refractivity contribution in [3.8, 4) is 11.4 Å². The van der Waals surface area contributed by atoms with Crippen LogP contribution in [0.3, 0.4) is 0 Å². The Morgan fingerprint density at radius 2 is 1.79 bits per heavy atom. The molecule has 0 bridgehead atoms. The largest absolute Gasteiger partial charge is 0.394 e. The summed E-state index contributed by atoms with van der Waals surface area (Å²) in [5.41, 5.74) is 3.08. The minimum Gasteiger partial charge on any atom is -0.394 e. The van der Waals surface area contributed by atoms with E-state index in [-0.39, 0.29) is 17.4 Å². The van der Waals surface area contributed by atoms with Crippen LogP contribution in [0.4, 0.5) is 11.5 Å². The Kier molecular flexibility index (Phi) is 6.53. The van der Waals surface area contributed by atoms with E-state index in [0.717, 1.165) is 67.7 Å². The highest BCUT2D eigenvalue weighted by atomic mass is 32.2. The Morgan fingerprint density at radius 1 is 1.06 bits per heavy atom. The van der Waals surface area contributed by atoms with Gasteiger partial charge in [-0.3, -0.25) is 0 Å². The van der Waals surface area contributed by atoms with Crippen molar-refractivity contribution in [2.24, 2.45) is 0 Å². The highest BCUT2D eigenvalue weighted by Crippen LogP contribution is 2.59. The van der Waals surface area contributed by atoms with Gasteiger partial charge in [-0.15, -0.1) is 11.8 Å². The molecule has 2 fully saturated rings. The number of anilines is 2. The molecular weight excluding hydrogens is 432 g/mol. The number of aromatic nitrogens is 2. The third-order valence-electron chi connectivity index (χ3n) is 6.11. The number of nitrogens with zero attached hydrogens (tertiary/aromatic N) is 3. The lowest BCUT2D eigenvalue weighted by Crippen LogP contribution is -2.37. The number of hydrogen-bond donors (Lipinski definition) is 2. The summed E-state index contributed by atoms with van der Waals surface area (Å²) in [6.45, 7) is 5.18. The molecule has 0 radical (unpaired) electrons. The first-order valence-electron chi connectivity index (χ1n) is 11.6. The van der Waals surface area contributed by atoms with Crippen LogP contribution in [-0.2, 0) is 9.48 Å². The molecule has 1 aliphatic heterocycles. The van der Waals surface area contributed by atoms with E-state index >= 15 is 0 Å². The second-order valence-corrected chi connectivity index (χ2v) is 10.2. The van der Waals surface area contributed by atoms with Crippen LogP contribution < -0.4 is 10.2 Å². The second-order valence-electron chi connectivity index (χ2n) is 8.75. The zero-order valence-electron chi connectivity index (χ0n) is 18.9. The summed E-state index contributed by atoms with van der Waals surface area (Å²) in [5, 5.41) is 12.6. The molecule has 0 amide bonds. The van der Waals surface area contributed by atoms with Gasteiger partial charge in [0.1, 0.15) is 5.82 Å². The van der Waals surface area contributed by atoms with Crippen LogP contribution >= 0.6 is 11.8 Å². The van der Waals surface area contributed by atoms with E-state index in [9.17, 15) is 5.11 Å². The van der Waals surface area contributed by atoms with Crippen LogP contribution in [0.5, 0.6) is 0 Å². The number of aliphatic hydroxyl groups excluding tert-OH is 1. The third kappa shape index (κ3) is 5.16. The lowest BCUT2D eigenvalue weighted by atomic mass is 10.1. The molecule has 1 saturated carbocycles. The quantitative estimate of drug-likeness (QED) is 0.509. The summed E-state index contributed by atoms with van der Waals surface area (Å²) in [6, 6.07) is 21.0. The molecule has 1 atom stereocenters. The molecule has 2 aliphatic rings. The minimum absolute atomic E-state index is 0.00749. The van der Waals surface area contributed by atoms with Gasteiger partial charge in [0, 0.05) is 41.3 Å². The Bertz CT molecular complexity index is 1070. The van der Waals surface area contributed by atoms with Crippen LogP contribution in [0, 0.1) is 0 Å². The maximum Gasteiger partial charge on any atom is 0.161 e. The average Bonchev–Trinajstić information content (AvgIpc) is 3.66. The van der Waals surface area contributed by atoms with Crippen molar-refractivity contribution in [3.63, 3.8) is 0 Å². The van der Waals surface area contributed by atoms with Crippen LogP contribution in [-0.4, -0.2) is 54.0 Å². The fraction of sp³-hybridized carbons (Fsp3) is 0.385. The number of nitrogens with one attached hydrogen (secondary N) is 1. The Labute approximate surface area is 199 Å². The molecule has 0 spiro atoms. The number of rotatable bonds is 8. The van der Waals surface area contributed by atoms with E-state index in [1.54, 1.807) is 0 Å². The monoisotopic (exact) mass is 462 g/mol. The molecule has 33 heavy (non-hydrogen) atoms. The molecule has 172 valence electrons. The zero-order valence-corrected chi connectivity index (χ0v) is 19.7. The summed E-state index contributed by atoms with van der Waals surface area (Å²) in [7, 11) is 0. The number of thioether (sulfide) groups is 1. The molecule has 5 rings (SSSR count). The van der Waals surface area contributed by atoms with Crippen molar-refractivity contribution >= 4 is 23.3 Å². The van der Waals surface area contributed by atoms with Crippen LogP contribution in [0.25, 0.3) is 11.4 Å². The highest BCUT2D eigenvalue weighted by Gasteiger charge is 2.47. The third-order valence-corrected chi connectivity index (χ3v) is 7.62. The molecule has 7 heteroatoms. The fourth-order valence-corrected chi connectivity index (χ4v) is 5.29.